The summed E-state index contributed by atoms with van der Waals surface area (Å²) in [5.74, 6) is 1.60. The smallest absolute Gasteiger partial charge is 0.287 e. The second-order valence-electron chi connectivity index (χ2n) is 5.87. The van der Waals surface area contributed by atoms with Crippen molar-refractivity contribution >= 4 is 16.9 Å². The molecule has 0 bridgehead atoms. The number of thioether (sulfide) groups is 1. The van der Waals surface area contributed by atoms with Crippen LogP contribution in [-0.2, 0) is 21.9 Å². The summed E-state index contributed by atoms with van der Waals surface area (Å²) in [4.78, 5) is 11.7. The monoisotopic (exact) mass is 344 g/mol. The molecule has 2 fully saturated rings. The third-order valence-electron chi connectivity index (χ3n) is 2.71. The van der Waals surface area contributed by atoms with Gasteiger partial charge < -0.3 is 0 Å². The maximum atomic E-state index is 11.7. The van der Waals surface area contributed by atoms with E-state index >= 15 is 0 Å². The SMILES string of the molecule is C[C@H](CC(=O)SC(C)(C)C)[C]1[CH][CH][CH][CH]1.[CH]1[CH][CH][CH][CH]1.[Fe+2]. The Morgan fingerprint density at radius 1 is 1.00 bits per heavy atom. The van der Waals surface area contributed by atoms with E-state index in [1.165, 1.54) is 17.7 Å². The van der Waals surface area contributed by atoms with E-state index < -0.39 is 0 Å². The van der Waals surface area contributed by atoms with Gasteiger partial charge in [0.2, 0.25) is 0 Å². The molecule has 10 radical (unpaired) electrons. The Hall–Kier alpha value is 0.539. The predicted octanol–water partition coefficient (Wildman–Crippen LogP) is 4.50. The van der Waals surface area contributed by atoms with Gasteiger partial charge >= 0.3 is 17.1 Å². The molecule has 2 saturated carbocycles. The van der Waals surface area contributed by atoms with Gasteiger partial charge in [0.15, 0.2) is 5.12 Å². The molecule has 2 aliphatic carbocycles. The summed E-state index contributed by atoms with van der Waals surface area (Å²) in [5, 5.41) is 0.288. The van der Waals surface area contributed by atoms with Crippen molar-refractivity contribution in [2.75, 3.05) is 0 Å². The molecule has 114 valence electrons. The molecule has 0 aromatic rings. The van der Waals surface area contributed by atoms with E-state index in [1.807, 2.05) is 44.9 Å². The molecule has 0 spiro atoms. The van der Waals surface area contributed by atoms with Crippen LogP contribution >= 0.6 is 11.8 Å². The molecule has 0 unspecified atom stereocenters. The Labute approximate surface area is 147 Å². The topological polar surface area (TPSA) is 17.1 Å². The molecule has 0 aromatic carbocycles. The Kier molecular flexibility index (Phi) is 11.4. The molecule has 2 aliphatic rings. The molecule has 21 heavy (non-hydrogen) atoms. The van der Waals surface area contributed by atoms with Crippen LogP contribution in [-0.4, -0.2) is 9.86 Å². The standard InChI is InChI=1S/C13H19OS.C5H5.Fe/c1-10(11-7-5-6-8-11)9-12(14)15-13(2,3)4;1-2-4-5-3-1;/h5-8,10H,9H2,1-4H3;1-5H;/q;;+2/t10-;;/m1../s1. The van der Waals surface area contributed by atoms with Crippen LogP contribution in [0.5, 0.6) is 0 Å². The molecule has 0 amide bonds. The van der Waals surface area contributed by atoms with Crippen LogP contribution < -0.4 is 0 Å². The molecule has 0 aromatic heterocycles. The molecule has 0 heterocycles. The largest absolute Gasteiger partial charge is 2.00 e. The van der Waals surface area contributed by atoms with E-state index in [1.54, 1.807) is 0 Å². The van der Waals surface area contributed by atoms with E-state index in [2.05, 4.69) is 40.5 Å². The van der Waals surface area contributed by atoms with Gasteiger partial charge in [-0.2, -0.15) is 0 Å². The van der Waals surface area contributed by atoms with E-state index in [9.17, 15) is 4.79 Å². The minimum atomic E-state index is 0. The van der Waals surface area contributed by atoms with Gasteiger partial charge in [-0.15, -0.1) is 0 Å². The van der Waals surface area contributed by atoms with Crippen LogP contribution in [0.3, 0.4) is 0 Å². The zero-order valence-corrected chi connectivity index (χ0v) is 15.1. The van der Waals surface area contributed by atoms with E-state index in [4.69, 9.17) is 0 Å². The van der Waals surface area contributed by atoms with E-state index in [0.29, 0.717) is 12.3 Å². The molecule has 1 atom stereocenters. The summed E-state index contributed by atoms with van der Waals surface area (Å²) < 4.78 is 0.0306. The van der Waals surface area contributed by atoms with Gasteiger partial charge in [-0.1, -0.05) is 39.5 Å². The van der Waals surface area contributed by atoms with Gasteiger partial charge in [0.1, 0.15) is 0 Å². The fourth-order valence-electron chi connectivity index (χ4n) is 1.79. The second-order valence-corrected chi connectivity index (χ2v) is 7.76. The molecule has 1 nitrogen and oxygen atoms in total. The van der Waals surface area contributed by atoms with Crippen molar-refractivity contribution in [3.8, 4) is 0 Å². The molecular formula is C18H24FeOS+2. The zero-order chi connectivity index (χ0) is 15.0. The Morgan fingerprint density at radius 3 is 1.81 bits per heavy atom. The molecule has 2 rings (SSSR count). The first kappa shape index (κ1) is 21.5. The van der Waals surface area contributed by atoms with Gasteiger partial charge in [-0.05, 0) is 69.6 Å². The number of carbonyl (C=O) groups excluding carboxylic acids is 1. The molecule has 0 aliphatic heterocycles. The van der Waals surface area contributed by atoms with Crippen molar-refractivity contribution in [2.45, 2.75) is 38.9 Å². The minimum Gasteiger partial charge on any atom is -0.287 e. The van der Waals surface area contributed by atoms with Crippen molar-refractivity contribution in [3.05, 3.63) is 63.7 Å². The van der Waals surface area contributed by atoms with Crippen molar-refractivity contribution < 1.29 is 21.9 Å². The van der Waals surface area contributed by atoms with Crippen LogP contribution in [0.4, 0.5) is 0 Å². The quantitative estimate of drug-likeness (QED) is 0.702. The Morgan fingerprint density at radius 2 is 1.43 bits per heavy atom. The first-order valence-electron chi connectivity index (χ1n) is 6.98. The van der Waals surface area contributed by atoms with Gasteiger partial charge in [0.25, 0.3) is 0 Å². The van der Waals surface area contributed by atoms with Crippen LogP contribution in [0.2, 0.25) is 0 Å². The fraction of sp³-hybridized carbons (Fsp3) is 0.389. The van der Waals surface area contributed by atoms with Crippen LogP contribution in [0, 0.1) is 69.6 Å². The summed E-state index contributed by atoms with van der Waals surface area (Å²) in [6, 6.07) is 0. The average Bonchev–Trinajstić information content (AvgIpc) is 3.03. The summed E-state index contributed by atoms with van der Waals surface area (Å²) in [7, 11) is 0. The summed E-state index contributed by atoms with van der Waals surface area (Å²) >= 11 is 1.44. The first-order chi connectivity index (χ1) is 9.38. The van der Waals surface area contributed by atoms with Gasteiger partial charge in [0.05, 0.1) is 0 Å². The van der Waals surface area contributed by atoms with Crippen molar-refractivity contribution in [1.82, 2.24) is 0 Å². The molecule has 3 heteroatoms. The van der Waals surface area contributed by atoms with Gasteiger partial charge in [-0.25, -0.2) is 0 Å². The Bertz CT molecular complexity index is 268. The number of hydrogen-bond donors (Lipinski definition) is 0. The molecule has 0 N–H and O–H groups in total. The normalized spacial score (nSPS) is 20.4. The number of carbonyl (C=O) groups is 1. The van der Waals surface area contributed by atoms with Crippen LogP contribution in [0.25, 0.3) is 0 Å². The predicted molar refractivity (Wildman–Crippen MR) is 88.1 cm³/mol. The fourth-order valence-corrected chi connectivity index (χ4v) is 2.81. The summed E-state index contributed by atoms with van der Waals surface area (Å²) in [6.07, 6.45) is 18.8. The van der Waals surface area contributed by atoms with E-state index in [-0.39, 0.29) is 26.9 Å². The minimum absolute atomic E-state index is 0. The summed E-state index contributed by atoms with van der Waals surface area (Å²) in [6.45, 7) is 8.32. The second kappa shape index (κ2) is 11.1. The molecule has 0 saturated heterocycles. The maximum Gasteiger partial charge on any atom is 2.00 e. The first-order valence-corrected chi connectivity index (χ1v) is 7.80. The molecular weight excluding hydrogens is 320 g/mol. The average molecular weight is 344 g/mol. The number of rotatable bonds is 3. The zero-order valence-electron chi connectivity index (χ0n) is 13.2. The Balaban J connectivity index is 0.000000562. The van der Waals surface area contributed by atoms with Gasteiger partial charge in [0, 0.05) is 11.2 Å². The van der Waals surface area contributed by atoms with Gasteiger partial charge in [-0.3, -0.25) is 4.79 Å². The van der Waals surface area contributed by atoms with Crippen LogP contribution in [0.1, 0.15) is 34.1 Å². The number of hydrogen-bond acceptors (Lipinski definition) is 2. The van der Waals surface area contributed by atoms with Crippen molar-refractivity contribution in [1.29, 1.82) is 0 Å². The third-order valence-corrected chi connectivity index (χ3v) is 3.71. The van der Waals surface area contributed by atoms with Crippen molar-refractivity contribution in [3.63, 3.8) is 0 Å². The maximum absolute atomic E-state index is 11.7. The van der Waals surface area contributed by atoms with Crippen molar-refractivity contribution in [2.24, 2.45) is 5.92 Å². The third kappa shape index (κ3) is 10.8. The summed E-state index contributed by atoms with van der Waals surface area (Å²) in [5.41, 5.74) is 0. The van der Waals surface area contributed by atoms with Crippen LogP contribution in [0.15, 0.2) is 0 Å². The van der Waals surface area contributed by atoms with E-state index in [0.717, 1.165) is 0 Å².